The van der Waals surface area contributed by atoms with Gasteiger partial charge in [0.05, 0.1) is 5.69 Å². The lowest BCUT2D eigenvalue weighted by Gasteiger charge is -2.22. The van der Waals surface area contributed by atoms with Crippen molar-refractivity contribution >= 4 is 17.6 Å². The van der Waals surface area contributed by atoms with Gasteiger partial charge in [0.15, 0.2) is 0 Å². The molecule has 3 amide bonds. The van der Waals surface area contributed by atoms with E-state index in [0.29, 0.717) is 43.2 Å². The summed E-state index contributed by atoms with van der Waals surface area (Å²) in [6, 6.07) is 9.22. The van der Waals surface area contributed by atoms with E-state index in [4.69, 9.17) is 4.52 Å². The van der Waals surface area contributed by atoms with Crippen LogP contribution in [0.25, 0.3) is 0 Å². The number of nitrogens with zero attached hydrogens (tertiary/aromatic N) is 3. The lowest BCUT2D eigenvalue weighted by Crippen LogP contribution is -2.39. The standard InChI is InChI=1S/C18H22N4O3/c1-13-16(14(2)25-20-13)17(23)21-9-6-10-22(12-11-21)18(24)19-15-7-4-3-5-8-15/h3-5,7-8H,6,9-12H2,1-2H3,(H,19,24). The molecule has 0 atom stereocenters. The molecular formula is C18H22N4O3. The number of para-hydroxylation sites is 1. The number of carbonyl (C=O) groups excluding carboxylic acids is 2. The number of rotatable bonds is 2. The van der Waals surface area contributed by atoms with Crippen molar-refractivity contribution < 1.29 is 14.1 Å². The topological polar surface area (TPSA) is 78.7 Å². The van der Waals surface area contributed by atoms with Crippen LogP contribution in [0.1, 0.15) is 28.2 Å². The number of amides is 3. The molecule has 0 spiro atoms. The molecule has 25 heavy (non-hydrogen) atoms. The third-order valence-electron chi connectivity index (χ3n) is 4.34. The van der Waals surface area contributed by atoms with E-state index in [1.165, 1.54) is 0 Å². The first kappa shape index (κ1) is 17.0. The van der Waals surface area contributed by atoms with Crippen molar-refractivity contribution in [1.29, 1.82) is 0 Å². The van der Waals surface area contributed by atoms with Gasteiger partial charge in [-0.05, 0) is 32.4 Å². The summed E-state index contributed by atoms with van der Waals surface area (Å²) in [6.07, 6.45) is 0.733. The number of benzene rings is 1. The van der Waals surface area contributed by atoms with Crippen LogP contribution in [0, 0.1) is 13.8 Å². The predicted octanol–water partition coefficient (Wildman–Crippen LogP) is 2.67. The zero-order valence-corrected chi connectivity index (χ0v) is 14.5. The van der Waals surface area contributed by atoms with Gasteiger partial charge < -0.3 is 19.6 Å². The molecule has 1 aromatic carbocycles. The van der Waals surface area contributed by atoms with Crippen LogP contribution in [-0.2, 0) is 0 Å². The molecule has 132 valence electrons. The van der Waals surface area contributed by atoms with E-state index < -0.39 is 0 Å². The summed E-state index contributed by atoms with van der Waals surface area (Å²) in [5.41, 5.74) is 1.90. The Morgan fingerprint density at radius 3 is 2.40 bits per heavy atom. The Balaban J connectivity index is 1.62. The van der Waals surface area contributed by atoms with Crippen LogP contribution in [0.3, 0.4) is 0 Å². The Morgan fingerprint density at radius 1 is 1.04 bits per heavy atom. The van der Waals surface area contributed by atoms with Gasteiger partial charge in [0.1, 0.15) is 11.3 Å². The molecule has 7 nitrogen and oxygen atoms in total. The number of urea groups is 1. The smallest absolute Gasteiger partial charge is 0.321 e. The minimum Gasteiger partial charge on any atom is -0.361 e. The number of aryl methyl sites for hydroxylation is 2. The minimum atomic E-state index is -0.141. The average molecular weight is 342 g/mol. The lowest BCUT2D eigenvalue weighted by atomic mass is 10.1. The first-order valence-corrected chi connectivity index (χ1v) is 8.39. The summed E-state index contributed by atoms with van der Waals surface area (Å²) in [6.45, 7) is 5.72. The van der Waals surface area contributed by atoms with Gasteiger partial charge in [0.25, 0.3) is 5.91 Å². The minimum absolute atomic E-state index is 0.0819. The van der Waals surface area contributed by atoms with Crippen LogP contribution >= 0.6 is 0 Å². The first-order valence-electron chi connectivity index (χ1n) is 8.39. The summed E-state index contributed by atoms with van der Waals surface area (Å²) >= 11 is 0. The second kappa shape index (κ2) is 7.38. The quantitative estimate of drug-likeness (QED) is 0.910. The molecule has 1 aliphatic heterocycles. The van der Waals surface area contributed by atoms with Gasteiger partial charge in [-0.1, -0.05) is 23.4 Å². The highest BCUT2D eigenvalue weighted by Crippen LogP contribution is 2.17. The van der Waals surface area contributed by atoms with Crippen molar-refractivity contribution in [3.8, 4) is 0 Å². The van der Waals surface area contributed by atoms with Gasteiger partial charge >= 0.3 is 6.03 Å². The normalized spacial score (nSPS) is 15.0. The highest BCUT2D eigenvalue weighted by atomic mass is 16.5. The van der Waals surface area contributed by atoms with Crippen molar-refractivity contribution in [2.45, 2.75) is 20.3 Å². The second-order valence-electron chi connectivity index (χ2n) is 6.13. The van der Waals surface area contributed by atoms with Crippen molar-refractivity contribution in [3.05, 3.63) is 47.3 Å². The molecule has 1 N–H and O–H groups in total. The Morgan fingerprint density at radius 2 is 1.72 bits per heavy atom. The van der Waals surface area contributed by atoms with E-state index in [0.717, 1.165) is 12.1 Å². The molecule has 1 aromatic heterocycles. The van der Waals surface area contributed by atoms with Gasteiger partial charge in [-0.3, -0.25) is 4.79 Å². The van der Waals surface area contributed by atoms with E-state index in [-0.39, 0.29) is 11.9 Å². The maximum Gasteiger partial charge on any atom is 0.321 e. The molecule has 3 rings (SSSR count). The van der Waals surface area contributed by atoms with E-state index in [9.17, 15) is 9.59 Å². The van der Waals surface area contributed by atoms with Crippen molar-refractivity contribution in [2.24, 2.45) is 0 Å². The molecule has 7 heteroatoms. The third kappa shape index (κ3) is 3.81. The number of hydrogen-bond donors (Lipinski definition) is 1. The Labute approximate surface area is 146 Å². The third-order valence-corrected chi connectivity index (χ3v) is 4.34. The largest absolute Gasteiger partial charge is 0.361 e. The molecule has 0 aliphatic carbocycles. The fourth-order valence-electron chi connectivity index (χ4n) is 2.99. The molecule has 1 saturated heterocycles. The summed E-state index contributed by atoms with van der Waals surface area (Å²) in [5.74, 6) is 0.451. The summed E-state index contributed by atoms with van der Waals surface area (Å²) in [4.78, 5) is 28.7. The second-order valence-corrected chi connectivity index (χ2v) is 6.13. The summed E-state index contributed by atoms with van der Waals surface area (Å²) in [7, 11) is 0. The van der Waals surface area contributed by atoms with Gasteiger partial charge in [-0.25, -0.2) is 4.79 Å². The van der Waals surface area contributed by atoms with Crippen LogP contribution < -0.4 is 5.32 Å². The van der Waals surface area contributed by atoms with Gasteiger partial charge in [-0.2, -0.15) is 0 Å². The van der Waals surface area contributed by atoms with Crippen LogP contribution in [0.4, 0.5) is 10.5 Å². The molecular weight excluding hydrogens is 320 g/mol. The van der Waals surface area contributed by atoms with E-state index >= 15 is 0 Å². The lowest BCUT2D eigenvalue weighted by molar-refractivity contribution is 0.0760. The van der Waals surface area contributed by atoms with Crippen molar-refractivity contribution in [1.82, 2.24) is 15.0 Å². The highest BCUT2D eigenvalue weighted by molar-refractivity contribution is 5.96. The Hall–Kier alpha value is -2.83. The average Bonchev–Trinajstić information content (AvgIpc) is 2.81. The summed E-state index contributed by atoms with van der Waals surface area (Å²) < 4.78 is 5.09. The zero-order chi connectivity index (χ0) is 17.8. The number of anilines is 1. The molecule has 1 aliphatic rings. The van der Waals surface area contributed by atoms with Crippen LogP contribution in [-0.4, -0.2) is 53.1 Å². The van der Waals surface area contributed by atoms with E-state index in [1.54, 1.807) is 23.6 Å². The highest BCUT2D eigenvalue weighted by Gasteiger charge is 2.26. The molecule has 0 bridgehead atoms. The first-order chi connectivity index (χ1) is 12.1. The molecule has 2 aromatic rings. The fourth-order valence-corrected chi connectivity index (χ4v) is 2.99. The van der Waals surface area contributed by atoms with Crippen LogP contribution in [0.5, 0.6) is 0 Å². The van der Waals surface area contributed by atoms with Crippen LogP contribution in [0.15, 0.2) is 34.9 Å². The van der Waals surface area contributed by atoms with Gasteiger partial charge in [0.2, 0.25) is 0 Å². The SMILES string of the molecule is Cc1noc(C)c1C(=O)N1CCCN(C(=O)Nc2ccccc2)CC1. The van der Waals surface area contributed by atoms with Crippen molar-refractivity contribution in [2.75, 3.05) is 31.5 Å². The number of aromatic nitrogens is 1. The van der Waals surface area contributed by atoms with Gasteiger partial charge in [0, 0.05) is 31.9 Å². The molecule has 1 fully saturated rings. The zero-order valence-electron chi connectivity index (χ0n) is 14.5. The Bertz CT molecular complexity index is 737. The summed E-state index contributed by atoms with van der Waals surface area (Å²) in [5, 5.41) is 6.74. The fraction of sp³-hybridized carbons (Fsp3) is 0.389. The molecule has 0 saturated carbocycles. The number of hydrogen-bond acceptors (Lipinski definition) is 4. The maximum atomic E-state index is 12.7. The maximum absolute atomic E-state index is 12.7. The van der Waals surface area contributed by atoms with E-state index in [1.807, 2.05) is 30.3 Å². The predicted molar refractivity (Wildman–Crippen MR) is 93.5 cm³/mol. The van der Waals surface area contributed by atoms with E-state index in [2.05, 4.69) is 10.5 Å². The monoisotopic (exact) mass is 342 g/mol. The molecule has 0 radical (unpaired) electrons. The number of nitrogens with one attached hydrogen (secondary N) is 1. The van der Waals surface area contributed by atoms with Crippen LogP contribution in [0.2, 0.25) is 0 Å². The molecule has 2 heterocycles. The van der Waals surface area contributed by atoms with Gasteiger partial charge in [-0.15, -0.1) is 0 Å². The molecule has 0 unspecified atom stereocenters. The van der Waals surface area contributed by atoms with Crippen molar-refractivity contribution in [3.63, 3.8) is 0 Å². The number of carbonyl (C=O) groups is 2. The Kier molecular flexibility index (Phi) is 5.02.